The molecule has 0 aliphatic heterocycles. The molecule has 1 aromatic carbocycles. The second-order valence-corrected chi connectivity index (χ2v) is 3.81. The van der Waals surface area contributed by atoms with Crippen LogP contribution in [0.1, 0.15) is 16.8 Å². The summed E-state index contributed by atoms with van der Waals surface area (Å²) in [6.45, 7) is 3.61. The van der Waals surface area contributed by atoms with E-state index in [9.17, 15) is 13.2 Å². The van der Waals surface area contributed by atoms with Crippen LogP contribution in [0, 0.1) is 13.8 Å². The molecule has 0 fully saturated rings. The molecule has 0 spiro atoms. The second-order valence-electron chi connectivity index (χ2n) is 3.81. The van der Waals surface area contributed by atoms with Gasteiger partial charge in [-0.05, 0) is 43.7 Å². The van der Waals surface area contributed by atoms with Crippen LogP contribution in [0.4, 0.5) is 13.2 Å². The van der Waals surface area contributed by atoms with Gasteiger partial charge in [-0.2, -0.15) is 13.2 Å². The molecule has 4 heteroatoms. The maximum Gasteiger partial charge on any atom is 0.416 e. The first-order valence-corrected chi connectivity index (χ1v) is 4.83. The fourth-order valence-electron chi connectivity index (χ4n) is 1.74. The summed E-state index contributed by atoms with van der Waals surface area (Å²) >= 11 is 0. The predicted octanol–water partition coefficient (Wildman–Crippen LogP) is 3.87. The summed E-state index contributed by atoms with van der Waals surface area (Å²) in [6.07, 6.45) is -4.30. The van der Waals surface area contributed by atoms with Crippen LogP contribution >= 0.6 is 0 Å². The van der Waals surface area contributed by atoms with E-state index in [0.717, 1.165) is 23.4 Å². The predicted molar refractivity (Wildman–Crippen MR) is 56.2 cm³/mol. The van der Waals surface area contributed by atoms with Gasteiger partial charge in [-0.1, -0.05) is 0 Å². The van der Waals surface area contributed by atoms with Gasteiger partial charge in [0.2, 0.25) is 0 Å². The third kappa shape index (κ3) is 1.87. The molecule has 16 heavy (non-hydrogen) atoms. The molecule has 1 nitrogen and oxygen atoms in total. The molecule has 0 amide bonds. The Morgan fingerprint density at radius 1 is 1.06 bits per heavy atom. The van der Waals surface area contributed by atoms with Gasteiger partial charge in [0.05, 0.1) is 11.1 Å². The van der Waals surface area contributed by atoms with Gasteiger partial charge in [-0.3, -0.25) is 4.98 Å². The van der Waals surface area contributed by atoms with E-state index in [1.165, 1.54) is 6.07 Å². The number of aromatic nitrogens is 1. The molecule has 0 unspecified atom stereocenters. The lowest BCUT2D eigenvalue weighted by Gasteiger charge is -2.09. The molecule has 0 aliphatic rings. The van der Waals surface area contributed by atoms with Gasteiger partial charge in [0.1, 0.15) is 0 Å². The Balaban J connectivity index is 2.72. The highest BCUT2D eigenvalue weighted by atomic mass is 19.4. The molecule has 0 radical (unpaired) electrons. The number of pyridine rings is 1. The van der Waals surface area contributed by atoms with E-state index in [0.29, 0.717) is 10.9 Å². The highest BCUT2D eigenvalue weighted by Gasteiger charge is 2.30. The molecule has 0 bridgehead atoms. The van der Waals surface area contributed by atoms with Crippen LogP contribution in [0.3, 0.4) is 0 Å². The maximum atomic E-state index is 12.5. The van der Waals surface area contributed by atoms with Crippen LogP contribution in [0.2, 0.25) is 0 Å². The van der Waals surface area contributed by atoms with Crippen molar-refractivity contribution in [2.45, 2.75) is 20.0 Å². The summed E-state index contributed by atoms with van der Waals surface area (Å²) in [6, 6.07) is 5.41. The minimum Gasteiger partial charge on any atom is -0.253 e. The van der Waals surface area contributed by atoms with Gasteiger partial charge >= 0.3 is 6.18 Å². The first-order chi connectivity index (χ1) is 7.38. The standard InChI is InChI=1S/C12H10F3N/c1-7-5-8(2)16-11-4-3-9(6-10(7)11)12(13,14)15/h3-6H,1-2H3. The average Bonchev–Trinajstić information content (AvgIpc) is 2.15. The van der Waals surface area contributed by atoms with Crippen molar-refractivity contribution >= 4 is 10.9 Å². The Bertz CT molecular complexity index is 544. The molecule has 1 heterocycles. The monoisotopic (exact) mass is 225 g/mol. The SMILES string of the molecule is Cc1cc(C)c2cc(C(F)(F)F)ccc2n1. The number of hydrogen-bond donors (Lipinski definition) is 0. The minimum absolute atomic E-state index is 0.556. The number of rotatable bonds is 0. The van der Waals surface area contributed by atoms with E-state index >= 15 is 0 Å². The molecule has 0 saturated carbocycles. The van der Waals surface area contributed by atoms with Crippen molar-refractivity contribution in [1.29, 1.82) is 0 Å². The van der Waals surface area contributed by atoms with Gasteiger partial charge < -0.3 is 0 Å². The van der Waals surface area contributed by atoms with Crippen molar-refractivity contribution in [3.8, 4) is 0 Å². The summed E-state index contributed by atoms with van der Waals surface area (Å²) in [7, 11) is 0. The minimum atomic E-state index is -4.30. The quantitative estimate of drug-likeness (QED) is 0.663. The summed E-state index contributed by atoms with van der Waals surface area (Å²) in [4.78, 5) is 4.19. The molecule has 0 atom stereocenters. The Kier molecular flexibility index (Phi) is 2.37. The fraction of sp³-hybridized carbons (Fsp3) is 0.250. The van der Waals surface area contributed by atoms with Gasteiger partial charge in [-0.15, -0.1) is 0 Å². The highest BCUT2D eigenvalue weighted by molar-refractivity contribution is 5.83. The third-order valence-corrected chi connectivity index (χ3v) is 2.47. The maximum absolute atomic E-state index is 12.5. The van der Waals surface area contributed by atoms with Crippen molar-refractivity contribution < 1.29 is 13.2 Å². The largest absolute Gasteiger partial charge is 0.416 e. The number of hydrogen-bond acceptors (Lipinski definition) is 1. The zero-order chi connectivity index (χ0) is 11.9. The normalized spacial score (nSPS) is 12.1. The van der Waals surface area contributed by atoms with Crippen molar-refractivity contribution in [2.24, 2.45) is 0 Å². The van der Waals surface area contributed by atoms with E-state index in [1.54, 1.807) is 13.0 Å². The number of aryl methyl sites for hydroxylation is 2. The van der Waals surface area contributed by atoms with Gasteiger partial charge in [0.15, 0.2) is 0 Å². The van der Waals surface area contributed by atoms with Gasteiger partial charge in [0, 0.05) is 11.1 Å². The zero-order valence-corrected chi connectivity index (χ0v) is 8.89. The van der Waals surface area contributed by atoms with Gasteiger partial charge in [-0.25, -0.2) is 0 Å². The molecular weight excluding hydrogens is 215 g/mol. The van der Waals surface area contributed by atoms with E-state index in [2.05, 4.69) is 4.98 Å². The second kappa shape index (κ2) is 3.47. The van der Waals surface area contributed by atoms with Crippen LogP contribution in [0.5, 0.6) is 0 Å². The lowest BCUT2D eigenvalue weighted by atomic mass is 10.1. The highest BCUT2D eigenvalue weighted by Crippen LogP contribution is 2.31. The molecule has 2 aromatic rings. The molecule has 0 saturated heterocycles. The lowest BCUT2D eigenvalue weighted by molar-refractivity contribution is -0.137. The van der Waals surface area contributed by atoms with Crippen LogP contribution < -0.4 is 0 Å². The number of alkyl halides is 3. The Hall–Kier alpha value is -1.58. The van der Waals surface area contributed by atoms with Crippen molar-refractivity contribution in [3.05, 3.63) is 41.1 Å². The molecule has 1 aromatic heterocycles. The Labute approximate surface area is 90.9 Å². The molecule has 84 valence electrons. The van der Waals surface area contributed by atoms with Crippen LogP contribution in [-0.2, 0) is 6.18 Å². The van der Waals surface area contributed by atoms with E-state index < -0.39 is 11.7 Å². The first-order valence-electron chi connectivity index (χ1n) is 4.83. The summed E-state index contributed by atoms with van der Waals surface area (Å²) in [5.41, 5.74) is 1.60. The third-order valence-electron chi connectivity index (χ3n) is 2.47. The Morgan fingerprint density at radius 3 is 2.38 bits per heavy atom. The lowest BCUT2D eigenvalue weighted by Crippen LogP contribution is -2.04. The van der Waals surface area contributed by atoms with Crippen molar-refractivity contribution in [2.75, 3.05) is 0 Å². The van der Waals surface area contributed by atoms with E-state index in [-0.39, 0.29) is 0 Å². The van der Waals surface area contributed by atoms with Gasteiger partial charge in [0.25, 0.3) is 0 Å². The summed E-state index contributed by atoms with van der Waals surface area (Å²) in [5, 5.41) is 0.556. The van der Waals surface area contributed by atoms with Crippen LogP contribution in [0.15, 0.2) is 24.3 Å². The van der Waals surface area contributed by atoms with E-state index in [4.69, 9.17) is 0 Å². The first kappa shape index (κ1) is 10.9. The van der Waals surface area contributed by atoms with Crippen LogP contribution in [-0.4, -0.2) is 4.98 Å². The van der Waals surface area contributed by atoms with Crippen molar-refractivity contribution in [1.82, 2.24) is 4.98 Å². The van der Waals surface area contributed by atoms with E-state index in [1.807, 2.05) is 6.92 Å². The molecule has 0 N–H and O–H groups in total. The molecule has 0 aliphatic carbocycles. The smallest absolute Gasteiger partial charge is 0.253 e. The number of benzene rings is 1. The number of nitrogens with zero attached hydrogens (tertiary/aromatic N) is 1. The molecule has 2 rings (SSSR count). The van der Waals surface area contributed by atoms with Crippen LogP contribution in [0.25, 0.3) is 10.9 Å². The zero-order valence-electron chi connectivity index (χ0n) is 8.89. The topological polar surface area (TPSA) is 12.9 Å². The average molecular weight is 225 g/mol. The molecular formula is C12H10F3N. The fourth-order valence-corrected chi connectivity index (χ4v) is 1.74. The summed E-state index contributed by atoms with van der Waals surface area (Å²) in [5.74, 6) is 0. The summed E-state index contributed by atoms with van der Waals surface area (Å²) < 4.78 is 37.5. The number of fused-ring (bicyclic) bond motifs is 1. The van der Waals surface area contributed by atoms with Crippen molar-refractivity contribution in [3.63, 3.8) is 0 Å². The Morgan fingerprint density at radius 2 is 1.75 bits per heavy atom. The number of halogens is 3.